The van der Waals surface area contributed by atoms with E-state index >= 15 is 0 Å². The molecule has 6 N–H and O–H groups in total. The summed E-state index contributed by atoms with van der Waals surface area (Å²) >= 11 is 0.967. The number of aryl methyl sites for hydroxylation is 3. The average molecular weight is 707 g/mol. The highest BCUT2D eigenvalue weighted by molar-refractivity contribution is 7.80. The van der Waals surface area contributed by atoms with E-state index < -0.39 is 57.7 Å². The zero-order chi connectivity index (χ0) is 35.0. The Morgan fingerprint density at radius 3 is 2.73 bits per heavy atom. The summed E-state index contributed by atoms with van der Waals surface area (Å²) in [4.78, 5) is 47.7. The molecule has 2 amide bonds. The molecular formula is C28H34N8O10S2. The lowest BCUT2D eigenvalue weighted by Crippen LogP contribution is -2.76. The third-order valence-corrected chi connectivity index (χ3v) is 8.92. The zero-order valence-electron chi connectivity index (χ0n) is 26.1. The van der Waals surface area contributed by atoms with Crippen molar-refractivity contribution in [2.45, 2.75) is 63.4 Å². The lowest BCUT2D eigenvalue weighted by Gasteiger charge is -2.51. The number of hydrogen-bond acceptors (Lipinski definition) is 14. The maximum Gasteiger partial charge on any atom is 0.351 e. The van der Waals surface area contributed by atoms with Crippen LogP contribution in [-0.4, -0.2) is 86.6 Å². The van der Waals surface area contributed by atoms with Crippen molar-refractivity contribution >= 4 is 50.4 Å². The number of nitrogens with two attached hydrogens (primary N) is 2. The summed E-state index contributed by atoms with van der Waals surface area (Å²) in [7, 11) is -3.32. The smallest absolute Gasteiger partial charge is 0.351 e. The molecule has 48 heavy (non-hydrogen) atoms. The van der Waals surface area contributed by atoms with E-state index in [4.69, 9.17) is 21.0 Å². The van der Waals surface area contributed by atoms with Crippen LogP contribution in [0.15, 0.2) is 41.1 Å². The van der Waals surface area contributed by atoms with Gasteiger partial charge in [-0.05, 0) is 62.9 Å². The fourth-order valence-corrected chi connectivity index (χ4v) is 6.38. The van der Waals surface area contributed by atoms with Crippen LogP contribution in [0.4, 0.5) is 5.13 Å². The Kier molecular flexibility index (Phi) is 9.74. The van der Waals surface area contributed by atoms with Crippen molar-refractivity contribution in [3.05, 3.63) is 47.2 Å². The topological polar surface area (TPSA) is 258 Å². The monoisotopic (exact) mass is 706 g/mol. The number of nitrogen functional groups attached to an aromatic ring is 1. The number of nitrogens with zero attached hydrogens (tertiary/aromatic N) is 5. The highest BCUT2D eigenvalue weighted by Gasteiger charge is 2.57. The van der Waals surface area contributed by atoms with Gasteiger partial charge in [-0.1, -0.05) is 11.2 Å². The van der Waals surface area contributed by atoms with Crippen LogP contribution in [0.2, 0.25) is 0 Å². The van der Waals surface area contributed by atoms with E-state index in [9.17, 15) is 32.5 Å². The van der Waals surface area contributed by atoms with Gasteiger partial charge < -0.3 is 36.0 Å². The standard InChI is InChI=1S/C28H34N8O10S2/c1-28(2)23(25(38)36(28)46-48(41,42)43)32-24(37)21(18-14-47-27(30)31-18)33-45-22(26(39)40)20-8-6-16-11-15(5-7-19(16)44-20)17-12-34(3)35(13-17)10-4-9-29/h5,7,11-14,20,22-23H,4,6,8-10,29H2,1-3H3,(H4-,30,31,32,37,39,40,41,42,43)/b33-21-/t20-,22+,23-/m1/s1. The lowest BCUT2D eigenvalue weighted by molar-refractivity contribution is -0.753. The highest BCUT2D eigenvalue weighted by atomic mass is 32.3. The molecule has 3 aromatic rings. The highest BCUT2D eigenvalue weighted by Crippen LogP contribution is 2.34. The van der Waals surface area contributed by atoms with Crippen molar-refractivity contribution in [2.75, 3.05) is 12.3 Å². The summed E-state index contributed by atoms with van der Waals surface area (Å²) in [6.07, 6.45) is 2.95. The zero-order valence-corrected chi connectivity index (χ0v) is 27.7. The second-order valence-corrected chi connectivity index (χ2v) is 13.5. The molecule has 2 aromatic heterocycles. The normalized spacial score (nSPS) is 19.6. The molecule has 1 fully saturated rings. The number of carboxylic acids is 1. The van der Waals surface area contributed by atoms with Gasteiger partial charge in [0.05, 0.1) is 23.8 Å². The van der Waals surface area contributed by atoms with Crippen molar-refractivity contribution < 1.29 is 51.0 Å². The molecule has 0 unspecified atom stereocenters. The summed E-state index contributed by atoms with van der Waals surface area (Å²) in [6.45, 7) is 4.06. The number of aliphatic carboxylic acids is 1. The molecular weight excluding hydrogens is 672 g/mol. The predicted molar refractivity (Wildman–Crippen MR) is 167 cm³/mol. The molecule has 4 heterocycles. The maximum atomic E-state index is 13.4. The first kappa shape index (κ1) is 34.7. The van der Waals surface area contributed by atoms with Crippen LogP contribution in [0, 0.1) is 0 Å². The summed E-state index contributed by atoms with van der Waals surface area (Å²) in [5.74, 6) is -2.98. The molecule has 0 bridgehead atoms. The first-order valence-electron chi connectivity index (χ1n) is 14.6. The van der Waals surface area contributed by atoms with Gasteiger partial charge in [0.1, 0.15) is 23.6 Å². The molecule has 0 saturated carbocycles. The van der Waals surface area contributed by atoms with Crippen molar-refractivity contribution in [3.8, 4) is 16.9 Å². The Labute approximate surface area is 278 Å². The van der Waals surface area contributed by atoms with Gasteiger partial charge in [0.2, 0.25) is 16.6 Å². The van der Waals surface area contributed by atoms with Crippen LogP contribution in [-0.2, 0) is 53.9 Å². The Balaban J connectivity index is 1.32. The molecule has 2 aliphatic heterocycles. The molecule has 3 atom stereocenters. The van der Waals surface area contributed by atoms with Crippen molar-refractivity contribution in [3.63, 3.8) is 0 Å². The van der Waals surface area contributed by atoms with Crippen molar-refractivity contribution in [1.82, 2.24) is 20.0 Å². The number of rotatable bonds is 13. The number of benzene rings is 1. The molecule has 1 saturated heterocycles. The molecule has 2 aliphatic rings. The quantitative estimate of drug-likeness (QED) is 0.0434. The third kappa shape index (κ3) is 7.26. The Bertz CT molecular complexity index is 1870. The Morgan fingerprint density at radius 2 is 2.10 bits per heavy atom. The summed E-state index contributed by atoms with van der Waals surface area (Å²) in [6, 6.07) is 4.27. The fraction of sp³-hybridized carbons (Fsp3) is 0.429. The second-order valence-electron chi connectivity index (χ2n) is 11.7. The lowest BCUT2D eigenvalue weighted by atomic mass is 9.84. The van der Waals surface area contributed by atoms with E-state index in [1.807, 2.05) is 36.3 Å². The van der Waals surface area contributed by atoms with E-state index in [1.54, 1.807) is 6.07 Å². The van der Waals surface area contributed by atoms with Gasteiger partial charge in [-0.2, -0.15) is 14.0 Å². The van der Waals surface area contributed by atoms with Gasteiger partial charge in [-0.3, -0.25) is 9.59 Å². The fourth-order valence-electron chi connectivity index (χ4n) is 5.39. The summed E-state index contributed by atoms with van der Waals surface area (Å²) < 4.78 is 47.4. The number of oxime groups is 1. The number of β-lactam (4-membered cyclic amide) rings is 1. The van der Waals surface area contributed by atoms with Crippen LogP contribution in [0.3, 0.4) is 0 Å². The molecule has 5 rings (SSSR count). The Hall–Kier alpha value is -4.63. The molecule has 258 valence electrons. The van der Waals surface area contributed by atoms with Crippen LogP contribution < -0.4 is 26.2 Å². The Morgan fingerprint density at radius 1 is 1.35 bits per heavy atom. The number of carbonyl (C=O) groups is 3. The van der Waals surface area contributed by atoms with Crippen LogP contribution in [0.25, 0.3) is 11.1 Å². The molecule has 0 aliphatic carbocycles. The first-order valence-corrected chi connectivity index (χ1v) is 16.8. The van der Waals surface area contributed by atoms with Crippen molar-refractivity contribution in [1.29, 1.82) is 0 Å². The van der Waals surface area contributed by atoms with Gasteiger partial charge in [0.25, 0.3) is 17.9 Å². The average Bonchev–Trinajstić information content (AvgIpc) is 3.63. The number of carboxylic acid groups (broad SMARTS) is 1. The number of nitrogens with one attached hydrogen (secondary N) is 1. The van der Waals surface area contributed by atoms with Gasteiger partial charge in [-0.15, -0.1) is 16.0 Å². The second kappa shape index (κ2) is 13.5. The minimum absolute atomic E-state index is 0.0630. The number of carbonyl (C=O) groups excluding carboxylic acids is 2. The van der Waals surface area contributed by atoms with Gasteiger partial charge >= 0.3 is 5.97 Å². The third-order valence-electron chi connectivity index (χ3n) is 7.92. The number of amides is 2. The molecule has 1 aromatic carbocycles. The molecule has 0 radical (unpaired) electrons. The molecule has 20 heteroatoms. The van der Waals surface area contributed by atoms with Gasteiger partial charge in [0, 0.05) is 5.38 Å². The summed E-state index contributed by atoms with van der Waals surface area (Å²) in [5, 5.41) is 18.0. The van der Waals surface area contributed by atoms with Crippen molar-refractivity contribution in [2.24, 2.45) is 17.9 Å². The first-order chi connectivity index (χ1) is 22.6. The van der Waals surface area contributed by atoms with Crippen LogP contribution in [0.5, 0.6) is 5.75 Å². The van der Waals surface area contributed by atoms with E-state index in [0.717, 1.165) is 41.0 Å². The number of hydrogen-bond donors (Lipinski definition) is 4. The van der Waals surface area contributed by atoms with Gasteiger partial charge in [-0.25, -0.2) is 18.2 Å². The number of anilines is 1. The SMILES string of the molecule is C[n+]1cc(-c2ccc3c(c2)CC[C@H]([C@H](O/N=C(\C(=O)N[C@@H]2C(=O)N(OS(=O)(=O)[O-])C2(C)C)c2csc(N)n2)C(=O)O)O3)cn1CCCN. The van der Waals surface area contributed by atoms with E-state index in [0.29, 0.717) is 23.8 Å². The van der Waals surface area contributed by atoms with Crippen LogP contribution in [0.1, 0.15) is 37.9 Å². The van der Waals surface area contributed by atoms with E-state index in [1.165, 1.54) is 19.2 Å². The number of hydroxylamine groups is 2. The number of ether oxygens (including phenoxy) is 1. The largest absolute Gasteiger partial charge is 0.724 e. The molecule has 18 nitrogen and oxygen atoms in total. The van der Waals surface area contributed by atoms with E-state index in [-0.39, 0.29) is 17.2 Å². The number of aromatic nitrogens is 3. The molecule has 0 spiro atoms. The number of thiazole rings is 1. The van der Waals surface area contributed by atoms with E-state index in [2.05, 4.69) is 24.4 Å². The maximum absolute atomic E-state index is 13.4. The predicted octanol–water partition coefficient (Wildman–Crippen LogP) is -0.568. The number of fused-ring (bicyclic) bond motifs is 1. The van der Waals surface area contributed by atoms with Gasteiger partial charge in [0.15, 0.2) is 17.9 Å². The minimum Gasteiger partial charge on any atom is -0.724 e. The summed E-state index contributed by atoms with van der Waals surface area (Å²) in [5.41, 5.74) is 12.2. The minimum atomic E-state index is -5.27. The van der Waals surface area contributed by atoms with Crippen LogP contribution >= 0.6 is 11.3 Å².